The second kappa shape index (κ2) is 5.95. The third-order valence-corrected chi connectivity index (χ3v) is 3.81. The van der Waals surface area contributed by atoms with Crippen LogP contribution in [0.2, 0.25) is 0 Å². The number of aliphatic carboxylic acids is 1. The molecule has 0 aliphatic carbocycles. The molecule has 1 atom stereocenters. The Labute approximate surface area is 122 Å². The molecule has 0 aromatic heterocycles. The van der Waals surface area contributed by atoms with Crippen LogP contribution in [0.5, 0.6) is 0 Å². The highest BCUT2D eigenvalue weighted by Gasteiger charge is 2.52. The van der Waals surface area contributed by atoms with Crippen molar-refractivity contribution in [1.82, 2.24) is 4.90 Å². The fourth-order valence-electron chi connectivity index (χ4n) is 2.38. The number of hydrogen-bond acceptors (Lipinski definition) is 4. The number of likely N-dealkylation sites (tertiary alicyclic amines) is 1. The van der Waals surface area contributed by atoms with E-state index in [-0.39, 0.29) is 26.1 Å². The molecule has 1 amide bonds. The maximum Gasteiger partial charge on any atom is 0.410 e. The van der Waals surface area contributed by atoms with Gasteiger partial charge in [0, 0.05) is 6.54 Å². The number of carboxylic acids is 1. The molecule has 0 saturated carbocycles. The fourth-order valence-corrected chi connectivity index (χ4v) is 2.38. The quantitative estimate of drug-likeness (QED) is 0.853. The molecule has 1 aliphatic rings. The molecule has 6 nitrogen and oxygen atoms in total. The van der Waals surface area contributed by atoms with Gasteiger partial charge in [0.15, 0.2) is 5.78 Å². The number of amides is 1. The van der Waals surface area contributed by atoms with Crippen molar-refractivity contribution in [2.75, 3.05) is 13.1 Å². The van der Waals surface area contributed by atoms with Crippen LogP contribution in [-0.2, 0) is 20.9 Å². The zero-order chi connectivity index (χ0) is 15.5. The van der Waals surface area contributed by atoms with E-state index in [9.17, 15) is 19.5 Å². The standard InChI is InChI=1S/C15H17NO5/c1-2-15(13(18)19)10-16(8-12(15)17)14(20)21-9-11-6-4-3-5-7-11/h3-7H,2,8-10H2,1H3,(H,18,19). The Morgan fingerprint density at radius 1 is 1.33 bits per heavy atom. The van der Waals surface area contributed by atoms with Crippen molar-refractivity contribution in [1.29, 1.82) is 0 Å². The van der Waals surface area contributed by atoms with Crippen LogP contribution < -0.4 is 0 Å². The number of carbonyl (C=O) groups excluding carboxylic acids is 2. The van der Waals surface area contributed by atoms with Crippen molar-refractivity contribution in [3.63, 3.8) is 0 Å². The van der Waals surface area contributed by atoms with Crippen molar-refractivity contribution in [3.05, 3.63) is 35.9 Å². The number of Topliss-reactive ketones (excluding diaryl/α,β-unsaturated/α-hetero) is 1. The molecule has 1 fully saturated rings. The van der Waals surface area contributed by atoms with Crippen LogP contribution in [0.4, 0.5) is 4.79 Å². The first-order valence-electron chi connectivity index (χ1n) is 6.72. The van der Waals surface area contributed by atoms with Gasteiger partial charge in [0.05, 0.1) is 6.54 Å². The van der Waals surface area contributed by atoms with E-state index in [1.54, 1.807) is 6.92 Å². The van der Waals surface area contributed by atoms with E-state index in [2.05, 4.69) is 0 Å². The Hall–Kier alpha value is -2.37. The summed E-state index contributed by atoms with van der Waals surface area (Å²) in [6.07, 6.45) is -0.507. The van der Waals surface area contributed by atoms with Gasteiger partial charge in [-0.15, -0.1) is 0 Å². The Morgan fingerprint density at radius 2 is 2.00 bits per heavy atom. The van der Waals surface area contributed by atoms with Crippen LogP contribution in [0.1, 0.15) is 18.9 Å². The molecule has 1 unspecified atom stereocenters. The van der Waals surface area contributed by atoms with Crippen molar-refractivity contribution in [2.24, 2.45) is 5.41 Å². The summed E-state index contributed by atoms with van der Waals surface area (Å²) in [6, 6.07) is 9.14. The predicted molar refractivity (Wildman–Crippen MR) is 73.6 cm³/mol. The lowest BCUT2D eigenvalue weighted by atomic mass is 9.83. The van der Waals surface area contributed by atoms with E-state index in [0.29, 0.717) is 0 Å². The van der Waals surface area contributed by atoms with Crippen LogP contribution in [0.3, 0.4) is 0 Å². The van der Waals surface area contributed by atoms with E-state index in [1.807, 2.05) is 30.3 Å². The van der Waals surface area contributed by atoms with Gasteiger partial charge in [0.1, 0.15) is 12.0 Å². The molecular weight excluding hydrogens is 274 g/mol. The van der Waals surface area contributed by atoms with Crippen molar-refractivity contribution >= 4 is 17.8 Å². The van der Waals surface area contributed by atoms with E-state index < -0.39 is 23.3 Å². The van der Waals surface area contributed by atoms with E-state index in [0.717, 1.165) is 10.5 Å². The zero-order valence-corrected chi connectivity index (χ0v) is 11.7. The summed E-state index contributed by atoms with van der Waals surface area (Å²) in [4.78, 5) is 36.3. The minimum atomic E-state index is -1.49. The van der Waals surface area contributed by atoms with E-state index in [4.69, 9.17) is 4.74 Å². The highest BCUT2D eigenvalue weighted by atomic mass is 16.6. The van der Waals surface area contributed by atoms with Crippen LogP contribution in [0.15, 0.2) is 30.3 Å². The molecule has 0 bridgehead atoms. The van der Waals surface area contributed by atoms with Crippen LogP contribution in [0.25, 0.3) is 0 Å². The maximum atomic E-state index is 11.9. The fraction of sp³-hybridized carbons (Fsp3) is 0.400. The Morgan fingerprint density at radius 3 is 2.52 bits per heavy atom. The molecule has 2 rings (SSSR count). The Balaban J connectivity index is 1.99. The summed E-state index contributed by atoms with van der Waals surface area (Å²) in [5, 5.41) is 9.24. The number of ketones is 1. The van der Waals surface area contributed by atoms with Crippen molar-refractivity contribution in [3.8, 4) is 0 Å². The molecule has 1 aliphatic heterocycles. The molecule has 1 N–H and O–H groups in total. The number of nitrogens with zero attached hydrogens (tertiary/aromatic N) is 1. The number of ether oxygens (including phenoxy) is 1. The smallest absolute Gasteiger partial charge is 0.410 e. The summed E-state index contributed by atoms with van der Waals surface area (Å²) >= 11 is 0. The number of rotatable bonds is 4. The molecule has 1 aromatic carbocycles. The third kappa shape index (κ3) is 2.89. The summed E-state index contributed by atoms with van der Waals surface area (Å²) in [7, 11) is 0. The summed E-state index contributed by atoms with van der Waals surface area (Å²) in [5.41, 5.74) is -0.664. The van der Waals surface area contributed by atoms with Gasteiger partial charge in [-0.05, 0) is 12.0 Å². The van der Waals surface area contributed by atoms with Gasteiger partial charge < -0.3 is 9.84 Å². The molecule has 112 valence electrons. The molecule has 21 heavy (non-hydrogen) atoms. The Kier molecular flexibility index (Phi) is 4.26. The molecule has 1 saturated heterocycles. The summed E-state index contributed by atoms with van der Waals surface area (Å²) in [5.74, 6) is -1.64. The van der Waals surface area contributed by atoms with Gasteiger partial charge in [-0.2, -0.15) is 0 Å². The third-order valence-electron chi connectivity index (χ3n) is 3.81. The highest BCUT2D eigenvalue weighted by Crippen LogP contribution is 2.31. The molecule has 0 spiro atoms. The monoisotopic (exact) mass is 291 g/mol. The number of carbonyl (C=O) groups is 3. The largest absolute Gasteiger partial charge is 0.480 e. The molecule has 1 heterocycles. The second-order valence-corrected chi connectivity index (χ2v) is 5.06. The SMILES string of the molecule is CCC1(C(=O)O)CN(C(=O)OCc2ccccc2)CC1=O. The minimum Gasteiger partial charge on any atom is -0.480 e. The lowest BCUT2D eigenvalue weighted by Gasteiger charge is -2.21. The first-order chi connectivity index (χ1) is 9.99. The number of benzene rings is 1. The molecule has 1 aromatic rings. The lowest BCUT2D eigenvalue weighted by Crippen LogP contribution is -2.39. The lowest BCUT2D eigenvalue weighted by molar-refractivity contribution is -0.152. The van der Waals surface area contributed by atoms with Crippen molar-refractivity contribution in [2.45, 2.75) is 20.0 Å². The average Bonchev–Trinajstić information content (AvgIpc) is 2.84. The molecule has 6 heteroatoms. The zero-order valence-electron chi connectivity index (χ0n) is 11.7. The average molecular weight is 291 g/mol. The summed E-state index contributed by atoms with van der Waals surface area (Å²) < 4.78 is 5.12. The van der Waals surface area contributed by atoms with E-state index >= 15 is 0 Å². The van der Waals surface area contributed by atoms with Gasteiger partial charge in [-0.3, -0.25) is 14.5 Å². The van der Waals surface area contributed by atoms with Crippen LogP contribution in [0, 0.1) is 5.41 Å². The van der Waals surface area contributed by atoms with Gasteiger partial charge >= 0.3 is 12.1 Å². The van der Waals surface area contributed by atoms with Crippen LogP contribution >= 0.6 is 0 Å². The second-order valence-electron chi connectivity index (χ2n) is 5.06. The van der Waals surface area contributed by atoms with Gasteiger partial charge in [-0.1, -0.05) is 37.3 Å². The predicted octanol–water partition coefficient (Wildman–Crippen LogP) is 1.69. The minimum absolute atomic E-state index is 0.0938. The van der Waals surface area contributed by atoms with Gasteiger partial charge in [0.2, 0.25) is 0 Å². The first kappa shape index (κ1) is 15.0. The maximum absolute atomic E-state index is 11.9. The normalized spacial score (nSPS) is 21.4. The van der Waals surface area contributed by atoms with Crippen molar-refractivity contribution < 1.29 is 24.2 Å². The van der Waals surface area contributed by atoms with E-state index in [1.165, 1.54) is 0 Å². The number of carboxylic acid groups (broad SMARTS) is 1. The molecule has 0 radical (unpaired) electrons. The number of hydrogen-bond donors (Lipinski definition) is 1. The molecular formula is C15H17NO5. The highest BCUT2D eigenvalue weighted by molar-refractivity contribution is 6.07. The topological polar surface area (TPSA) is 83.9 Å². The van der Waals surface area contributed by atoms with Gasteiger partial charge in [0.25, 0.3) is 0 Å². The first-order valence-corrected chi connectivity index (χ1v) is 6.72. The van der Waals surface area contributed by atoms with Gasteiger partial charge in [-0.25, -0.2) is 4.79 Å². The Bertz CT molecular complexity index is 556. The van der Waals surface area contributed by atoms with Crippen LogP contribution in [-0.4, -0.2) is 40.9 Å². The summed E-state index contributed by atoms with van der Waals surface area (Å²) in [6.45, 7) is 1.38.